The number of benzene rings is 4. The number of rotatable bonds is 9. The van der Waals surface area contributed by atoms with E-state index < -0.39 is 24.3 Å². The number of carbonyl (C=O) groups is 4. The molecule has 2 fully saturated rings. The van der Waals surface area contributed by atoms with Gasteiger partial charge >= 0.3 is 12.2 Å². The Bertz CT molecular complexity index is 1930. The van der Waals surface area contributed by atoms with Crippen LogP contribution in [-0.2, 0) is 38.7 Å². The van der Waals surface area contributed by atoms with Crippen LogP contribution in [0.15, 0.2) is 108 Å². The van der Waals surface area contributed by atoms with Crippen molar-refractivity contribution in [2.24, 2.45) is 4.99 Å². The first kappa shape index (κ1) is 33.5. The highest BCUT2D eigenvalue weighted by Gasteiger charge is 2.36. The Morgan fingerprint density at radius 1 is 0.647 bits per heavy atom. The summed E-state index contributed by atoms with van der Waals surface area (Å²) in [6, 6.07) is 30.8. The molecular weight excluding hydrogens is 646 g/mol. The van der Waals surface area contributed by atoms with Crippen LogP contribution in [0.3, 0.4) is 0 Å². The highest BCUT2D eigenvalue weighted by molar-refractivity contribution is 6.07. The maximum absolute atomic E-state index is 13.3. The summed E-state index contributed by atoms with van der Waals surface area (Å²) in [6.07, 6.45) is 2.23. The fraction of sp³-hybridized carbons (Fsp3) is 0.275. The van der Waals surface area contributed by atoms with Gasteiger partial charge in [-0.1, -0.05) is 78.9 Å². The minimum absolute atomic E-state index is 0.153. The van der Waals surface area contributed by atoms with Crippen molar-refractivity contribution in [3.8, 4) is 0 Å². The molecule has 11 heteroatoms. The number of amides is 4. The van der Waals surface area contributed by atoms with E-state index in [2.05, 4.69) is 10.6 Å². The summed E-state index contributed by atoms with van der Waals surface area (Å²) in [6.45, 7) is 1.25. The molecular formula is C40H39N5O6. The third-order valence-electron chi connectivity index (χ3n) is 9.44. The third kappa shape index (κ3) is 7.93. The Kier molecular flexibility index (Phi) is 10.0. The Morgan fingerprint density at radius 2 is 1.16 bits per heavy atom. The predicted octanol–water partition coefficient (Wildman–Crippen LogP) is 6.84. The zero-order valence-electron chi connectivity index (χ0n) is 28.1. The van der Waals surface area contributed by atoms with E-state index in [1.807, 2.05) is 103 Å². The first-order valence-electron chi connectivity index (χ1n) is 17.3. The van der Waals surface area contributed by atoms with Crippen molar-refractivity contribution in [1.29, 1.82) is 0 Å². The number of nitrogens with zero attached hydrogens (tertiary/aromatic N) is 3. The number of anilines is 2. The van der Waals surface area contributed by atoms with Crippen LogP contribution in [0.1, 0.15) is 47.9 Å². The molecule has 0 aromatic heterocycles. The number of carbonyl (C=O) groups excluding carboxylic acids is 4. The second-order valence-corrected chi connectivity index (χ2v) is 12.9. The van der Waals surface area contributed by atoms with E-state index in [1.165, 1.54) is 9.80 Å². The molecule has 0 radical (unpaired) electrons. The van der Waals surface area contributed by atoms with Crippen molar-refractivity contribution in [3.05, 3.63) is 125 Å². The number of hydrogen-bond acceptors (Lipinski definition) is 7. The molecule has 0 bridgehead atoms. The molecule has 0 aliphatic carbocycles. The van der Waals surface area contributed by atoms with Gasteiger partial charge in [0.2, 0.25) is 11.8 Å². The Hall–Kier alpha value is -5.97. The normalized spacial score (nSPS) is 17.8. The molecule has 51 heavy (non-hydrogen) atoms. The number of nitrogens with one attached hydrogen (secondary N) is 2. The molecule has 11 nitrogen and oxygen atoms in total. The maximum atomic E-state index is 13.3. The van der Waals surface area contributed by atoms with Crippen molar-refractivity contribution in [1.82, 2.24) is 9.80 Å². The van der Waals surface area contributed by atoms with Crippen LogP contribution in [0, 0.1) is 0 Å². The number of aliphatic imine (C=N–C) groups is 1. The second-order valence-electron chi connectivity index (χ2n) is 12.9. The monoisotopic (exact) mass is 685 g/mol. The minimum atomic E-state index is -0.607. The van der Waals surface area contributed by atoms with Crippen LogP contribution < -0.4 is 10.6 Å². The fourth-order valence-electron chi connectivity index (χ4n) is 6.74. The van der Waals surface area contributed by atoms with E-state index >= 15 is 0 Å². The van der Waals surface area contributed by atoms with E-state index in [9.17, 15) is 19.2 Å². The zero-order valence-corrected chi connectivity index (χ0v) is 28.1. The van der Waals surface area contributed by atoms with Gasteiger partial charge in [-0.25, -0.2) is 9.59 Å². The van der Waals surface area contributed by atoms with Crippen LogP contribution in [0.25, 0.3) is 0 Å². The van der Waals surface area contributed by atoms with Gasteiger partial charge in [0.1, 0.15) is 25.3 Å². The molecule has 0 saturated carbocycles. The largest absolute Gasteiger partial charge is 0.445 e. The fourth-order valence-corrected chi connectivity index (χ4v) is 6.74. The average Bonchev–Trinajstić information content (AvgIpc) is 3.94. The summed E-state index contributed by atoms with van der Waals surface area (Å²) >= 11 is 0. The molecule has 7 rings (SSSR count). The van der Waals surface area contributed by atoms with Crippen LogP contribution in [0.5, 0.6) is 0 Å². The molecule has 2 saturated heterocycles. The number of fused-ring (bicyclic) bond motifs is 1. The lowest BCUT2D eigenvalue weighted by atomic mass is 10.0. The summed E-state index contributed by atoms with van der Waals surface area (Å²) in [5.41, 5.74) is 6.60. The van der Waals surface area contributed by atoms with E-state index in [1.54, 1.807) is 0 Å². The van der Waals surface area contributed by atoms with Crippen LogP contribution in [-0.4, -0.2) is 64.7 Å². The molecule has 2 N–H and O–H groups in total. The number of hydrogen-bond donors (Lipinski definition) is 2. The average molecular weight is 686 g/mol. The SMILES string of the molecule is O=C(Nc1ccc(C2=Nc3cc(NC(=O)[C@@H]4CCCN4C(=O)OCc4ccccc4)ccc3C2)cc1)[C@@H]1CCCN1C(=O)OCc1ccccc1. The zero-order chi connectivity index (χ0) is 35.2. The van der Waals surface area contributed by atoms with Crippen molar-refractivity contribution >= 4 is 46.8 Å². The second kappa shape index (κ2) is 15.3. The molecule has 3 aliphatic rings. The van der Waals surface area contributed by atoms with E-state index in [4.69, 9.17) is 14.5 Å². The Balaban J connectivity index is 0.925. The highest BCUT2D eigenvalue weighted by atomic mass is 16.6. The van der Waals surface area contributed by atoms with Crippen LogP contribution in [0.4, 0.5) is 26.7 Å². The van der Waals surface area contributed by atoms with Gasteiger partial charge < -0.3 is 20.1 Å². The highest BCUT2D eigenvalue weighted by Crippen LogP contribution is 2.32. The van der Waals surface area contributed by atoms with Crippen LogP contribution in [0.2, 0.25) is 0 Å². The third-order valence-corrected chi connectivity index (χ3v) is 9.44. The maximum Gasteiger partial charge on any atom is 0.410 e. The summed E-state index contributed by atoms with van der Waals surface area (Å²) < 4.78 is 11.0. The number of ether oxygens (including phenoxy) is 2. The van der Waals surface area contributed by atoms with Crippen molar-refractivity contribution in [2.45, 2.75) is 57.4 Å². The van der Waals surface area contributed by atoms with Gasteiger partial charge in [-0.2, -0.15) is 0 Å². The molecule has 3 aliphatic heterocycles. The molecule has 4 aromatic carbocycles. The van der Waals surface area contributed by atoms with Gasteiger partial charge in [0.25, 0.3) is 0 Å². The summed E-state index contributed by atoms with van der Waals surface area (Å²) in [4.78, 5) is 59.9. The lowest BCUT2D eigenvalue weighted by molar-refractivity contribution is -0.120. The standard InChI is InChI=1S/C40H39N5O6/c46-37(35-13-7-21-44(35)39(48)50-25-27-9-3-1-4-10-27)41-31-18-15-29(16-19-31)33-23-30-17-20-32(24-34(30)43-33)42-38(47)36-14-8-22-45(36)40(49)51-26-28-11-5-2-6-12-28/h1-6,9-12,15-20,24,35-36H,7-8,13-14,21-23,25-26H2,(H,41,46)(H,42,47)/t35-,36-/m0/s1. The molecule has 2 atom stereocenters. The van der Waals surface area contributed by atoms with Gasteiger partial charge in [-0.05, 0) is 72.2 Å². The van der Waals surface area contributed by atoms with E-state index in [0.29, 0.717) is 43.7 Å². The summed E-state index contributed by atoms with van der Waals surface area (Å²) in [5, 5.41) is 5.92. The van der Waals surface area contributed by atoms with Crippen molar-refractivity contribution < 1.29 is 28.7 Å². The quantitative estimate of drug-likeness (QED) is 0.199. The molecule has 4 amide bonds. The smallest absolute Gasteiger partial charge is 0.410 e. The predicted molar refractivity (Wildman–Crippen MR) is 193 cm³/mol. The minimum Gasteiger partial charge on any atom is -0.445 e. The van der Waals surface area contributed by atoms with Crippen molar-refractivity contribution in [3.63, 3.8) is 0 Å². The Morgan fingerprint density at radius 3 is 1.71 bits per heavy atom. The molecule has 0 unspecified atom stereocenters. The molecule has 0 spiro atoms. The van der Waals surface area contributed by atoms with Crippen LogP contribution >= 0.6 is 0 Å². The van der Waals surface area contributed by atoms with E-state index in [-0.39, 0.29) is 25.0 Å². The molecule has 4 aromatic rings. The van der Waals surface area contributed by atoms with Gasteiger partial charge in [-0.3, -0.25) is 24.4 Å². The molecule has 3 heterocycles. The number of likely N-dealkylation sites (tertiary alicyclic amines) is 2. The Labute approximate surface area is 296 Å². The summed E-state index contributed by atoms with van der Waals surface area (Å²) in [7, 11) is 0. The topological polar surface area (TPSA) is 130 Å². The first-order chi connectivity index (χ1) is 24.9. The summed E-state index contributed by atoms with van der Waals surface area (Å²) in [5.74, 6) is -0.504. The molecule has 260 valence electrons. The van der Waals surface area contributed by atoms with Crippen molar-refractivity contribution in [2.75, 3.05) is 23.7 Å². The lowest BCUT2D eigenvalue weighted by Crippen LogP contribution is -2.43. The van der Waals surface area contributed by atoms with E-state index in [0.717, 1.165) is 46.5 Å². The lowest BCUT2D eigenvalue weighted by Gasteiger charge is -2.23. The van der Waals surface area contributed by atoms with Gasteiger partial charge in [-0.15, -0.1) is 0 Å². The first-order valence-corrected chi connectivity index (χ1v) is 17.3. The van der Waals surface area contributed by atoms with Gasteiger partial charge in [0.05, 0.1) is 11.4 Å². The van der Waals surface area contributed by atoms with Gasteiger partial charge in [0, 0.05) is 30.9 Å². The van der Waals surface area contributed by atoms with Gasteiger partial charge in [0.15, 0.2) is 0 Å².